The van der Waals surface area contributed by atoms with E-state index in [4.69, 9.17) is 16.3 Å². The van der Waals surface area contributed by atoms with Crippen molar-refractivity contribution in [2.24, 2.45) is 4.99 Å². The van der Waals surface area contributed by atoms with Crippen molar-refractivity contribution in [1.29, 1.82) is 0 Å². The number of hydrogen-bond acceptors (Lipinski definition) is 5. The van der Waals surface area contributed by atoms with Gasteiger partial charge in [0.05, 0.1) is 17.2 Å². The van der Waals surface area contributed by atoms with E-state index in [0.29, 0.717) is 35.1 Å². The highest BCUT2D eigenvalue weighted by Crippen LogP contribution is 2.35. The van der Waals surface area contributed by atoms with Gasteiger partial charge < -0.3 is 19.6 Å². The average Bonchev–Trinajstić information content (AvgIpc) is 3.66. The minimum Gasteiger partial charge on any atom is -0.489 e. The number of halogens is 2. The highest BCUT2D eigenvalue weighted by molar-refractivity contribution is 6.45. The van der Waals surface area contributed by atoms with Crippen LogP contribution in [0.4, 0.5) is 4.39 Å². The molecule has 6 nitrogen and oxygen atoms in total. The molecule has 2 aliphatic heterocycles. The molecule has 0 radical (unpaired) electrons. The summed E-state index contributed by atoms with van der Waals surface area (Å²) in [6, 6.07) is 17.3. The van der Waals surface area contributed by atoms with E-state index < -0.39 is 12.1 Å². The molecule has 3 aromatic carbocycles. The Labute approximate surface area is 245 Å². The van der Waals surface area contributed by atoms with E-state index in [9.17, 15) is 14.3 Å². The van der Waals surface area contributed by atoms with Crippen LogP contribution in [0.5, 0.6) is 5.75 Å². The van der Waals surface area contributed by atoms with Crippen molar-refractivity contribution in [2.45, 2.75) is 50.4 Å². The average molecular weight is 576 g/mol. The third kappa shape index (κ3) is 6.17. The molecule has 41 heavy (non-hydrogen) atoms. The number of ether oxygens (including phenoxy) is 1. The van der Waals surface area contributed by atoms with E-state index in [0.717, 1.165) is 67.4 Å². The zero-order valence-corrected chi connectivity index (χ0v) is 24.0. The summed E-state index contributed by atoms with van der Waals surface area (Å²) in [6.45, 7) is 2.93. The van der Waals surface area contributed by atoms with Gasteiger partial charge in [0.15, 0.2) is 0 Å². The van der Waals surface area contributed by atoms with Crippen LogP contribution >= 0.6 is 11.6 Å². The predicted octanol–water partition coefficient (Wildman–Crippen LogP) is 5.69. The largest absolute Gasteiger partial charge is 0.489 e. The Balaban J connectivity index is 1.25. The number of likely N-dealkylation sites (N-methyl/N-ethyl adjacent to an activating group) is 1. The second-order valence-corrected chi connectivity index (χ2v) is 11.7. The zero-order chi connectivity index (χ0) is 28.5. The van der Waals surface area contributed by atoms with Gasteiger partial charge >= 0.3 is 0 Å². The van der Waals surface area contributed by atoms with Crippen molar-refractivity contribution in [2.75, 3.05) is 33.2 Å². The SMILES string of the molecule is CN(C(=O)C1=NCCc2cc(-c3ccc(F)cc3)ccc21)C(CN1CCCC1)C(O)c1ccc(OC2CC2)c(Cl)c1. The van der Waals surface area contributed by atoms with Crippen molar-refractivity contribution in [3.05, 3.63) is 88.2 Å². The molecule has 1 N–H and O–H groups in total. The van der Waals surface area contributed by atoms with Gasteiger partial charge in [-0.25, -0.2) is 4.39 Å². The summed E-state index contributed by atoms with van der Waals surface area (Å²) in [5.41, 5.74) is 4.79. The normalized spacial score (nSPS) is 18.4. The first-order valence-electron chi connectivity index (χ1n) is 14.4. The zero-order valence-electron chi connectivity index (χ0n) is 23.2. The molecule has 0 aromatic heterocycles. The Hall–Kier alpha value is -3.26. The van der Waals surface area contributed by atoms with E-state index in [1.54, 1.807) is 30.1 Å². The summed E-state index contributed by atoms with van der Waals surface area (Å²) >= 11 is 6.54. The van der Waals surface area contributed by atoms with Gasteiger partial charge in [0.25, 0.3) is 5.91 Å². The first kappa shape index (κ1) is 27.9. The fourth-order valence-corrected chi connectivity index (χ4v) is 6.01. The molecule has 1 saturated heterocycles. The van der Waals surface area contributed by atoms with Gasteiger partial charge in [0.2, 0.25) is 0 Å². The molecule has 8 heteroatoms. The van der Waals surface area contributed by atoms with Crippen molar-refractivity contribution >= 4 is 23.2 Å². The number of fused-ring (bicyclic) bond motifs is 1. The van der Waals surface area contributed by atoms with E-state index in [1.165, 1.54) is 12.1 Å². The van der Waals surface area contributed by atoms with Crippen molar-refractivity contribution in [3.63, 3.8) is 0 Å². The number of carbonyl (C=O) groups excluding carboxylic acids is 1. The highest BCUT2D eigenvalue weighted by atomic mass is 35.5. The van der Waals surface area contributed by atoms with Gasteiger partial charge in [-0.05, 0) is 91.7 Å². The molecule has 2 atom stereocenters. The molecule has 1 aliphatic carbocycles. The van der Waals surface area contributed by atoms with Gasteiger partial charge in [0.1, 0.15) is 23.4 Å². The summed E-state index contributed by atoms with van der Waals surface area (Å²) in [5.74, 6) is 0.132. The molecular weight excluding hydrogens is 541 g/mol. The number of aliphatic hydroxyl groups excluding tert-OH is 1. The molecule has 2 heterocycles. The van der Waals surface area contributed by atoms with Crippen LogP contribution in [-0.4, -0.2) is 71.9 Å². The van der Waals surface area contributed by atoms with Crippen molar-refractivity contribution in [3.8, 4) is 16.9 Å². The maximum absolute atomic E-state index is 14.0. The number of likely N-dealkylation sites (tertiary alicyclic amines) is 1. The van der Waals surface area contributed by atoms with Crippen LogP contribution in [0.25, 0.3) is 11.1 Å². The van der Waals surface area contributed by atoms with Gasteiger partial charge in [-0.15, -0.1) is 0 Å². The summed E-state index contributed by atoms with van der Waals surface area (Å²) in [4.78, 5) is 22.6. The molecule has 3 aliphatic rings. The molecule has 0 bridgehead atoms. The maximum atomic E-state index is 14.0. The molecule has 3 aromatic rings. The fourth-order valence-electron chi connectivity index (χ4n) is 5.78. The minimum absolute atomic E-state index is 0.219. The molecule has 214 valence electrons. The second-order valence-electron chi connectivity index (χ2n) is 11.3. The van der Waals surface area contributed by atoms with Gasteiger partial charge in [-0.3, -0.25) is 9.79 Å². The molecule has 1 amide bonds. The summed E-state index contributed by atoms with van der Waals surface area (Å²) in [6.07, 6.45) is 4.28. The lowest BCUT2D eigenvalue weighted by Crippen LogP contribution is -2.50. The van der Waals surface area contributed by atoms with E-state index in [1.807, 2.05) is 24.3 Å². The maximum Gasteiger partial charge on any atom is 0.272 e. The van der Waals surface area contributed by atoms with Gasteiger partial charge in [0, 0.05) is 25.7 Å². The number of hydrogen-bond donors (Lipinski definition) is 1. The van der Waals surface area contributed by atoms with Crippen LogP contribution < -0.4 is 4.74 Å². The Morgan fingerprint density at radius 3 is 2.54 bits per heavy atom. The Bertz CT molecular complexity index is 1450. The third-order valence-electron chi connectivity index (χ3n) is 8.33. The molecule has 6 rings (SSSR count). The molecular formula is C33H35ClFN3O3. The first-order valence-corrected chi connectivity index (χ1v) is 14.8. The predicted molar refractivity (Wildman–Crippen MR) is 159 cm³/mol. The molecule has 2 unspecified atom stereocenters. The summed E-state index contributed by atoms with van der Waals surface area (Å²) in [7, 11) is 1.75. The van der Waals surface area contributed by atoms with Crippen LogP contribution in [0.15, 0.2) is 65.7 Å². The van der Waals surface area contributed by atoms with Gasteiger partial charge in [-0.2, -0.15) is 0 Å². The van der Waals surface area contributed by atoms with E-state index >= 15 is 0 Å². The lowest BCUT2D eigenvalue weighted by atomic mass is 9.92. The second kappa shape index (κ2) is 11.9. The smallest absolute Gasteiger partial charge is 0.272 e. The molecule has 2 fully saturated rings. The van der Waals surface area contributed by atoms with Crippen LogP contribution in [0.2, 0.25) is 5.02 Å². The van der Waals surface area contributed by atoms with E-state index in [-0.39, 0.29) is 17.8 Å². The Morgan fingerprint density at radius 1 is 1.10 bits per heavy atom. The fraction of sp³-hybridized carbons (Fsp3) is 0.394. The lowest BCUT2D eigenvalue weighted by Gasteiger charge is -2.36. The van der Waals surface area contributed by atoms with Crippen molar-refractivity contribution < 1.29 is 19.0 Å². The number of aliphatic hydroxyl groups is 1. The van der Waals surface area contributed by atoms with Gasteiger partial charge in [-0.1, -0.05) is 48.0 Å². The standard InChI is InChI=1S/C33H35ClFN3O3/c1-37(33(40)31-27-12-6-22(18-23(27)14-15-36-31)21-4-8-25(35)9-5-21)29(20-38-16-2-3-17-38)32(39)24-7-13-30(28(34)19-24)41-26-10-11-26/h4-9,12-13,18-19,26,29,32,39H,2-3,10-11,14-17,20H2,1H3. The number of aliphatic imine (C=N–C) groups is 1. The van der Waals surface area contributed by atoms with Crippen molar-refractivity contribution in [1.82, 2.24) is 9.80 Å². The van der Waals surface area contributed by atoms with Crippen LogP contribution in [0.1, 0.15) is 48.5 Å². The quantitative estimate of drug-likeness (QED) is 0.356. The molecule has 1 saturated carbocycles. The van der Waals surface area contributed by atoms with Crippen LogP contribution in [0, 0.1) is 5.82 Å². The minimum atomic E-state index is -0.943. The number of carbonyl (C=O) groups is 1. The van der Waals surface area contributed by atoms with Crippen LogP contribution in [0.3, 0.4) is 0 Å². The Kier molecular flexibility index (Phi) is 8.11. The summed E-state index contributed by atoms with van der Waals surface area (Å²) in [5, 5.41) is 12.1. The number of nitrogens with zero attached hydrogens (tertiary/aromatic N) is 3. The van der Waals surface area contributed by atoms with Crippen LogP contribution in [-0.2, 0) is 11.2 Å². The molecule has 0 spiro atoms. The number of rotatable bonds is 9. The monoisotopic (exact) mass is 575 g/mol. The van der Waals surface area contributed by atoms with E-state index in [2.05, 4.69) is 16.0 Å². The lowest BCUT2D eigenvalue weighted by molar-refractivity contribution is -0.127. The summed E-state index contributed by atoms with van der Waals surface area (Å²) < 4.78 is 19.3. The Morgan fingerprint density at radius 2 is 1.83 bits per heavy atom. The topological polar surface area (TPSA) is 65.4 Å². The number of amides is 1. The highest BCUT2D eigenvalue weighted by Gasteiger charge is 2.34. The third-order valence-corrected chi connectivity index (χ3v) is 8.63. The number of benzene rings is 3. The first-order chi connectivity index (χ1) is 19.9.